The maximum absolute atomic E-state index is 11.2. The van der Waals surface area contributed by atoms with Crippen molar-refractivity contribution in [1.29, 1.82) is 0 Å². The highest BCUT2D eigenvalue weighted by Gasteiger charge is 2.03. The fourth-order valence-corrected chi connectivity index (χ4v) is 1.43. The lowest BCUT2D eigenvalue weighted by atomic mass is 10.2. The van der Waals surface area contributed by atoms with E-state index in [1.54, 1.807) is 24.4 Å². The molecular formula is C11H9N3O2. The van der Waals surface area contributed by atoms with Crippen molar-refractivity contribution in [2.45, 2.75) is 0 Å². The molecule has 1 aromatic carbocycles. The van der Waals surface area contributed by atoms with Crippen LogP contribution in [0.15, 0.2) is 41.7 Å². The molecular weight excluding hydrogens is 206 g/mol. The summed E-state index contributed by atoms with van der Waals surface area (Å²) in [5.74, 6) is -0.487. The summed E-state index contributed by atoms with van der Waals surface area (Å²) in [4.78, 5) is 15.4. The van der Waals surface area contributed by atoms with E-state index in [0.29, 0.717) is 5.69 Å². The second-order valence-electron chi connectivity index (χ2n) is 3.11. The van der Waals surface area contributed by atoms with Gasteiger partial charge in [-0.1, -0.05) is 11.2 Å². The van der Waals surface area contributed by atoms with Gasteiger partial charge < -0.3 is 10.5 Å². The van der Waals surface area contributed by atoms with Gasteiger partial charge in [-0.05, 0) is 24.3 Å². The summed E-state index contributed by atoms with van der Waals surface area (Å²) in [7, 11) is 0. The molecule has 0 spiro atoms. The van der Waals surface area contributed by atoms with Crippen LogP contribution in [0.25, 0.3) is 10.9 Å². The van der Waals surface area contributed by atoms with E-state index in [0.717, 1.165) is 17.1 Å². The van der Waals surface area contributed by atoms with Crippen molar-refractivity contribution < 1.29 is 10.0 Å². The number of aromatic nitrogens is 1. The van der Waals surface area contributed by atoms with Gasteiger partial charge in [0.05, 0.1) is 11.2 Å². The first-order valence-corrected chi connectivity index (χ1v) is 4.63. The van der Waals surface area contributed by atoms with E-state index >= 15 is 0 Å². The minimum Gasteiger partial charge on any atom is -0.411 e. The van der Waals surface area contributed by atoms with E-state index in [1.807, 2.05) is 12.1 Å². The van der Waals surface area contributed by atoms with Crippen LogP contribution >= 0.6 is 0 Å². The van der Waals surface area contributed by atoms with Crippen molar-refractivity contribution in [3.8, 4) is 0 Å². The van der Waals surface area contributed by atoms with Gasteiger partial charge in [-0.25, -0.2) is 0 Å². The van der Waals surface area contributed by atoms with Gasteiger partial charge in [-0.2, -0.15) is 0 Å². The Hall–Kier alpha value is -2.43. The fourth-order valence-electron chi connectivity index (χ4n) is 1.43. The predicted molar refractivity (Wildman–Crippen MR) is 60.7 cm³/mol. The van der Waals surface area contributed by atoms with Crippen LogP contribution in [0.3, 0.4) is 0 Å². The smallest absolute Gasteiger partial charge is 0.270 e. The molecule has 5 nitrogen and oxygen atoms in total. The molecule has 0 fully saturated rings. The van der Waals surface area contributed by atoms with E-state index in [9.17, 15) is 4.79 Å². The number of hydrogen-bond donors (Lipinski definition) is 2. The Bertz CT molecular complexity index is 546. The minimum atomic E-state index is -0.487. The molecule has 0 aliphatic carbocycles. The first-order chi connectivity index (χ1) is 7.81. The number of hydrogen-bond acceptors (Lipinski definition) is 4. The van der Waals surface area contributed by atoms with Gasteiger partial charge in [0.25, 0.3) is 5.91 Å². The molecule has 0 bridgehead atoms. The number of nitrogens with zero attached hydrogens (tertiary/aromatic N) is 2. The first-order valence-electron chi connectivity index (χ1n) is 4.63. The molecule has 1 heterocycles. The largest absolute Gasteiger partial charge is 0.411 e. The molecule has 2 rings (SSSR count). The Morgan fingerprint density at radius 2 is 2.25 bits per heavy atom. The van der Waals surface area contributed by atoms with Crippen molar-refractivity contribution in [1.82, 2.24) is 4.98 Å². The summed E-state index contributed by atoms with van der Waals surface area (Å²) >= 11 is 0. The Labute approximate surface area is 91.4 Å². The van der Waals surface area contributed by atoms with Crippen LogP contribution in [0.4, 0.5) is 5.69 Å². The number of benzene rings is 1. The zero-order chi connectivity index (χ0) is 11.4. The van der Waals surface area contributed by atoms with Crippen LogP contribution in [0.1, 0.15) is 0 Å². The normalized spacial score (nSPS) is 10.8. The predicted octanol–water partition coefficient (Wildman–Crippen LogP) is 1.63. The van der Waals surface area contributed by atoms with Gasteiger partial charge in [-0.15, -0.1) is 0 Å². The summed E-state index contributed by atoms with van der Waals surface area (Å²) < 4.78 is 0. The number of carbonyl (C=O) groups is 1. The van der Waals surface area contributed by atoms with Gasteiger partial charge in [-0.3, -0.25) is 9.78 Å². The molecule has 0 saturated carbocycles. The van der Waals surface area contributed by atoms with Gasteiger partial charge in [0.15, 0.2) is 0 Å². The molecule has 16 heavy (non-hydrogen) atoms. The number of carbonyl (C=O) groups excluding carboxylic acids is 1. The number of fused-ring (bicyclic) bond motifs is 1. The van der Waals surface area contributed by atoms with Crippen molar-refractivity contribution >= 4 is 28.7 Å². The number of oxime groups is 1. The highest BCUT2D eigenvalue weighted by molar-refractivity contribution is 6.32. The minimum absolute atomic E-state index is 0.487. The summed E-state index contributed by atoms with van der Waals surface area (Å²) in [5.41, 5.74) is 1.43. The number of pyridine rings is 1. The van der Waals surface area contributed by atoms with Crippen molar-refractivity contribution in [3.05, 3.63) is 36.5 Å². The molecule has 0 saturated heterocycles. The molecule has 2 N–H and O–H groups in total. The maximum Gasteiger partial charge on any atom is 0.270 e. The van der Waals surface area contributed by atoms with Crippen LogP contribution in [0, 0.1) is 0 Å². The number of amides is 1. The molecule has 2 aromatic rings. The second-order valence-corrected chi connectivity index (χ2v) is 3.11. The van der Waals surface area contributed by atoms with E-state index in [1.165, 1.54) is 0 Å². The van der Waals surface area contributed by atoms with E-state index in [2.05, 4.69) is 15.5 Å². The number of nitrogens with one attached hydrogen (secondary N) is 1. The van der Waals surface area contributed by atoms with E-state index in [4.69, 9.17) is 5.21 Å². The average molecular weight is 215 g/mol. The zero-order valence-corrected chi connectivity index (χ0v) is 8.29. The quantitative estimate of drug-likeness (QED) is 0.454. The summed E-state index contributed by atoms with van der Waals surface area (Å²) in [6.07, 6.45) is 2.48. The molecule has 1 aromatic heterocycles. The van der Waals surface area contributed by atoms with Crippen molar-refractivity contribution in [2.75, 3.05) is 5.32 Å². The topological polar surface area (TPSA) is 74.6 Å². The highest BCUT2D eigenvalue weighted by atomic mass is 16.4. The molecule has 0 atom stereocenters. The average Bonchev–Trinajstić information content (AvgIpc) is 2.30. The zero-order valence-electron chi connectivity index (χ0n) is 8.29. The Balaban J connectivity index is 2.41. The van der Waals surface area contributed by atoms with Gasteiger partial charge >= 0.3 is 0 Å². The Morgan fingerprint density at radius 3 is 3.06 bits per heavy atom. The lowest BCUT2D eigenvalue weighted by Gasteiger charge is -2.05. The van der Waals surface area contributed by atoms with Crippen molar-refractivity contribution in [3.63, 3.8) is 0 Å². The fraction of sp³-hybridized carbons (Fsp3) is 0. The lowest BCUT2D eigenvalue weighted by Crippen LogP contribution is -2.12. The molecule has 80 valence electrons. The third-order valence-electron chi connectivity index (χ3n) is 2.08. The standard InChI is InChI=1S/C11H9N3O2/c15-11(7-13-16)14-10-5-1-4-9-8(10)3-2-6-12-9/h1-7,16H,(H,14,15)/b13-7-. The first kappa shape index (κ1) is 10.1. The molecule has 0 aliphatic heterocycles. The van der Waals surface area contributed by atoms with Crippen LogP contribution < -0.4 is 5.32 Å². The van der Waals surface area contributed by atoms with Gasteiger partial charge in [0.2, 0.25) is 0 Å². The van der Waals surface area contributed by atoms with E-state index < -0.39 is 5.91 Å². The molecule has 5 heteroatoms. The Morgan fingerprint density at radius 1 is 1.38 bits per heavy atom. The second kappa shape index (κ2) is 4.39. The monoisotopic (exact) mass is 215 g/mol. The van der Waals surface area contributed by atoms with Crippen molar-refractivity contribution in [2.24, 2.45) is 5.16 Å². The van der Waals surface area contributed by atoms with Crippen LogP contribution in [-0.2, 0) is 4.79 Å². The molecule has 0 aliphatic rings. The number of anilines is 1. The van der Waals surface area contributed by atoms with Crippen LogP contribution in [-0.4, -0.2) is 22.3 Å². The highest BCUT2D eigenvalue weighted by Crippen LogP contribution is 2.20. The summed E-state index contributed by atoms with van der Waals surface area (Å²) in [6, 6.07) is 9.05. The third kappa shape index (κ3) is 1.98. The molecule has 0 radical (unpaired) electrons. The number of rotatable bonds is 2. The lowest BCUT2D eigenvalue weighted by molar-refractivity contribution is -0.110. The molecule has 0 unspecified atom stereocenters. The Kier molecular flexibility index (Phi) is 2.77. The van der Waals surface area contributed by atoms with Crippen LogP contribution in [0.2, 0.25) is 0 Å². The third-order valence-corrected chi connectivity index (χ3v) is 2.08. The van der Waals surface area contributed by atoms with Gasteiger partial charge in [0.1, 0.15) is 6.21 Å². The maximum atomic E-state index is 11.2. The van der Waals surface area contributed by atoms with Gasteiger partial charge in [0, 0.05) is 11.6 Å². The SMILES string of the molecule is O=C(/C=N\O)Nc1cccc2ncccc12. The summed E-state index contributed by atoms with van der Waals surface area (Å²) in [6.45, 7) is 0. The van der Waals surface area contributed by atoms with Crippen LogP contribution in [0.5, 0.6) is 0 Å². The molecule has 1 amide bonds. The van der Waals surface area contributed by atoms with E-state index in [-0.39, 0.29) is 0 Å². The summed E-state index contributed by atoms with van der Waals surface area (Å²) in [5, 5.41) is 14.3.